The number of nitrogens with zero attached hydrogens (tertiary/aromatic N) is 1. The van der Waals surface area contributed by atoms with Gasteiger partial charge in [-0.2, -0.15) is 0 Å². The van der Waals surface area contributed by atoms with E-state index in [1.165, 1.54) is 116 Å². The lowest BCUT2D eigenvalue weighted by Gasteiger charge is -2.37. The molecule has 0 spiro atoms. The molecule has 2 aliphatic carbocycles. The quantitative estimate of drug-likeness (QED) is 0.233. The summed E-state index contributed by atoms with van der Waals surface area (Å²) in [7, 11) is 0. The van der Waals surface area contributed by atoms with E-state index >= 15 is 0 Å². The summed E-state index contributed by atoms with van der Waals surface area (Å²) in [5, 5.41) is 0. The first-order valence-electron chi connectivity index (χ1n) is 13.2. The van der Waals surface area contributed by atoms with Crippen LogP contribution in [0.15, 0.2) is 4.99 Å². The van der Waals surface area contributed by atoms with Gasteiger partial charge in [0.1, 0.15) is 0 Å². The second-order valence-corrected chi connectivity index (χ2v) is 10.4. The smallest absolute Gasteiger partial charge is 0.0579 e. The van der Waals surface area contributed by atoms with Crippen molar-refractivity contribution in [2.45, 2.75) is 149 Å². The largest absolute Gasteiger partial charge is 0.287 e. The highest BCUT2D eigenvalue weighted by Crippen LogP contribution is 2.39. The van der Waals surface area contributed by atoms with Crippen LogP contribution in [0.5, 0.6) is 0 Å². The van der Waals surface area contributed by atoms with Crippen LogP contribution in [0.3, 0.4) is 0 Å². The number of rotatable bonds is 12. The molecule has 0 saturated heterocycles. The molecule has 0 amide bonds. The third kappa shape index (κ3) is 7.83. The van der Waals surface area contributed by atoms with Gasteiger partial charge in [-0.05, 0) is 76.0 Å². The fraction of sp³-hybridized carbons (Fsp3) is 0.963. The molecular formula is C27H51N. The second kappa shape index (κ2) is 13.1. The van der Waals surface area contributed by atoms with Crippen LogP contribution in [0.25, 0.3) is 0 Å². The molecule has 28 heavy (non-hydrogen) atoms. The Morgan fingerprint density at radius 1 is 0.714 bits per heavy atom. The van der Waals surface area contributed by atoms with E-state index in [2.05, 4.69) is 27.7 Å². The summed E-state index contributed by atoms with van der Waals surface area (Å²) >= 11 is 0. The van der Waals surface area contributed by atoms with Gasteiger partial charge in [0.15, 0.2) is 0 Å². The number of aliphatic imine (C=N–C) groups is 1. The summed E-state index contributed by atoms with van der Waals surface area (Å²) in [6.45, 7) is 9.46. The van der Waals surface area contributed by atoms with E-state index in [1.54, 1.807) is 5.71 Å². The van der Waals surface area contributed by atoms with Crippen molar-refractivity contribution in [3.8, 4) is 0 Å². The van der Waals surface area contributed by atoms with Crippen molar-refractivity contribution in [3.63, 3.8) is 0 Å². The van der Waals surface area contributed by atoms with E-state index in [9.17, 15) is 0 Å². The maximum absolute atomic E-state index is 5.66. The molecule has 1 heteroatoms. The first kappa shape index (κ1) is 23.9. The van der Waals surface area contributed by atoms with Crippen molar-refractivity contribution in [1.82, 2.24) is 0 Å². The summed E-state index contributed by atoms with van der Waals surface area (Å²) in [6.07, 6.45) is 25.3. The number of unbranched alkanes of at least 4 members (excludes halogenated alkanes) is 3. The molecule has 0 aromatic rings. The van der Waals surface area contributed by atoms with Crippen molar-refractivity contribution in [2.24, 2.45) is 22.7 Å². The second-order valence-electron chi connectivity index (χ2n) is 10.4. The minimum Gasteiger partial charge on any atom is -0.287 e. The Bertz CT molecular complexity index is 418. The average Bonchev–Trinajstić information content (AvgIpc) is 2.71. The molecule has 0 N–H and O–H groups in total. The molecule has 0 heterocycles. The molecule has 0 atom stereocenters. The Hall–Kier alpha value is -0.330. The van der Waals surface area contributed by atoms with Crippen LogP contribution in [0, 0.1) is 17.8 Å². The van der Waals surface area contributed by atoms with Gasteiger partial charge < -0.3 is 0 Å². The molecule has 0 aliphatic heterocycles. The summed E-state index contributed by atoms with van der Waals surface area (Å²) in [5.74, 6) is 2.63. The van der Waals surface area contributed by atoms with Crippen LogP contribution >= 0.6 is 0 Å². The fourth-order valence-electron chi connectivity index (χ4n) is 6.15. The molecule has 0 unspecified atom stereocenters. The van der Waals surface area contributed by atoms with E-state index in [4.69, 9.17) is 4.99 Å². The molecular weight excluding hydrogens is 338 g/mol. The molecule has 2 aliphatic rings. The summed E-state index contributed by atoms with van der Waals surface area (Å²) in [5.41, 5.74) is 1.89. The number of hydrogen-bond donors (Lipinski definition) is 0. The highest BCUT2D eigenvalue weighted by atomic mass is 14.9. The lowest BCUT2D eigenvalue weighted by molar-refractivity contribution is 0.286. The Labute approximate surface area is 177 Å². The van der Waals surface area contributed by atoms with Crippen LogP contribution in [0.2, 0.25) is 0 Å². The fourth-order valence-corrected chi connectivity index (χ4v) is 6.15. The van der Waals surface area contributed by atoms with Crippen molar-refractivity contribution in [3.05, 3.63) is 0 Å². The molecule has 2 saturated carbocycles. The summed E-state index contributed by atoms with van der Waals surface area (Å²) in [6, 6.07) is 0. The van der Waals surface area contributed by atoms with Crippen molar-refractivity contribution in [2.75, 3.05) is 0 Å². The Balaban J connectivity index is 2.02. The predicted molar refractivity (Wildman–Crippen MR) is 126 cm³/mol. The number of hydrogen-bond acceptors (Lipinski definition) is 1. The maximum Gasteiger partial charge on any atom is 0.0579 e. The van der Waals surface area contributed by atoms with Gasteiger partial charge in [0.2, 0.25) is 0 Å². The Kier molecular flexibility index (Phi) is 11.2. The molecule has 0 bridgehead atoms. The SMILES string of the molecule is CCCCCCC1CCC(/C(=N/C(C)(CCC)CCC)C2CCCCC2)CC1. The topological polar surface area (TPSA) is 12.4 Å². The summed E-state index contributed by atoms with van der Waals surface area (Å²) < 4.78 is 0. The zero-order chi connectivity index (χ0) is 20.2. The normalized spacial score (nSPS) is 25.2. The third-order valence-corrected chi connectivity index (χ3v) is 7.73. The van der Waals surface area contributed by atoms with Crippen molar-refractivity contribution < 1.29 is 0 Å². The van der Waals surface area contributed by atoms with E-state index in [-0.39, 0.29) is 5.54 Å². The first-order chi connectivity index (χ1) is 13.6. The van der Waals surface area contributed by atoms with Crippen LogP contribution in [0.1, 0.15) is 143 Å². The zero-order valence-corrected chi connectivity index (χ0v) is 19.9. The predicted octanol–water partition coefficient (Wildman–Crippen LogP) is 9.14. The Morgan fingerprint density at radius 2 is 1.32 bits per heavy atom. The van der Waals surface area contributed by atoms with Crippen molar-refractivity contribution >= 4 is 5.71 Å². The van der Waals surface area contributed by atoms with Gasteiger partial charge in [0, 0.05) is 5.71 Å². The van der Waals surface area contributed by atoms with Gasteiger partial charge in [0.25, 0.3) is 0 Å². The van der Waals surface area contributed by atoms with Gasteiger partial charge in [-0.3, -0.25) is 4.99 Å². The van der Waals surface area contributed by atoms with E-state index in [0.29, 0.717) is 0 Å². The van der Waals surface area contributed by atoms with Crippen LogP contribution in [-0.2, 0) is 0 Å². The molecule has 0 aromatic heterocycles. The van der Waals surface area contributed by atoms with Gasteiger partial charge in [0.05, 0.1) is 5.54 Å². The lowest BCUT2D eigenvalue weighted by atomic mass is 9.72. The minimum atomic E-state index is 0.202. The highest BCUT2D eigenvalue weighted by molar-refractivity contribution is 5.89. The molecule has 2 fully saturated rings. The Morgan fingerprint density at radius 3 is 1.89 bits per heavy atom. The van der Waals surface area contributed by atoms with E-state index < -0.39 is 0 Å². The first-order valence-corrected chi connectivity index (χ1v) is 13.2. The molecule has 0 radical (unpaired) electrons. The lowest BCUT2D eigenvalue weighted by Crippen LogP contribution is -2.33. The van der Waals surface area contributed by atoms with Gasteiger partial charge in [-0.15, -0.1) is 0 Å². The standard InChI is InChI=1S/C27H51N/c1-5-8-9-11-14-23-17-19-25(20-18-23)26(24-15-12-10-13-16-24)28-27(4,21-6-2)22-7-3/h23-25H,5-22H2,1-4H3/b28-26+. The van der Waals surface area contributed by atoms with Gasteiger partial charge >= 0.3 is 0 Å². The molecule has 2 rings (SSSR count). The highest BCUT2D eigenvalue weighted by Gasteiger charge is 2.32. The van der Waals surface area contributed by atoms with E-state index in [0.717, 1.165) is 17.8 Å². The van der Waals surface area contributed by atoms with Gasteiger partial charge in [-0.1, -0.05) is 85.0 Å². The molecule has 164 valence electrons. The van der Waals surface area contributed by atoms with Crippen LogP contribution in [0.4, 0.5) is 0 Å². The monoisotopic (exact) mass is 389 g/mol. The van der Waals surface area contributed by atoms with Crippen LogP contribution in [-0.4, -0.2) is 11.3 Å². The van der Waals surface area contributed by atoms with Gasteiger partial charge in [-0.25, -0.2) is 0 Å². The maximum atomic E-state index is 5.66. The molecule has 0 aromatic carbocycles. The van der Waals surface area contributed by atoms with Crippen molar-refractivity contribution in [1.29, 1.82) is 0 Å². The molecule has 1 nitrogen and oxygen atoms in total. The van der Waals surface area contributed by atoms with Crippen LogP contribution < -0.4 is 0 Å². The third-order valence-electron chi connectivity index (χ3n) is 7.73. The average molecular weight is 390 g/mol. The summed E-state index contributed by atoms with van der Waals surface area (Å²) in [4.78, 5) is 5.66. The minimum absolute atomic E-state index is 0.202. The van der Waals surface area contributed by atoms with E-state index in [1.807, 2.05) is 0 Å². The zero-order valence-electron chi connectivity index (χ0n) is 19.9.